The van der Waals surface area contributed by atoms with Gasteiger partial charge in [0.2, 0.25) is 0 Å². The van der Waals surface area contributed by atoms with Gasteiger partial charge in [0.15, 0.2) is 5.82 Å². The molecule has 3 heterocycles. The third-order valence-electron chi connectivity index (χ3n) is 9.98. The van der Waals surface area contributed by atoms with Crippen molar-refractivity contribution >= 4 is 53.4 Å². The molecule has 3 aromatic heterocycles. The second-order valence-corrected chi connectivity index (χ2v) is 14.0. The van der Waals surface area contributed by atoms with Gasteiger partial charge >= 0.3 is 0 Å². The van der Waals surface area contributed by atoms with Crippen molar-refractivity contribution in [3.63, 3.8) is 0 Å². The highest BCUT2D eigenvalue weighted by Crippen LogP contribution is 2.53. The van der Waals surface area contributed by atoms with Crippen molar-refractivity contribution in [2.75, 3.05) is 0 Å². The zero-order valence-electron chi connectivity index (χ0n) is 26.0. The lowest BCUT2D eigenvalue weighted by molar-refractivity contribution is 0.666. The van der Waals surface area contributed by atoms with Crippen LogP contribution < -0.4 is 0 Å². The minimum Gasteiger partial charge on any atom is -0.309 e. The van der Waals surface area contributed by atoms with E-state index in [9.17, 15) is 0 Å². The Morgan fingerprint density at radius 1 is 0.596 bits per heavy atom. The molecule has 6 aromatic carbocycles. The fourth-order valence-corrected chi connectivity index (χ4v) is 9.06. The van der Waals surface area contributed by atoms with Gasteiger partial charge in [-0.2, -0.15) is 0 Å². The third kappa shape index (κ3) is 3.73. The summed E-state index contributed by atoms with van der Waals surface area (Å²) in [4.78, 5) is 10.5. The van der Waals surface area contributed by atoms with E-state index >= 15 is 0 Å². The van der Waals surface area contributed by atoms with Gasteiger partial charge in [-0.1, -0.05) is 123 Å². The summed E-state index contributed by atoms with van der Waals surface area (Å²) in [5.74, 6) is 0.736. The molecule has 222 valence electrons. The maximum absolute atomic E-state index is 5.26. The number of aromatic nitrogens is 3. The summed E-state index contributed by atoms with van der Waals surface area (Å²) < 4.78 is 4.77. The first kappa shape index (κ1) is 26.6. The molecule has 10 rings (SSSR count). The number of benzene rings is 6. The minimum absolute atomic E-state index is 0.108. The predicted molar refractivity (Wildman–Crippen MR) is 198 cm³/mol. The maximum atomic E-state index is 5.26. The van der Waals surface area contributed by atoms with Crippen LogP contribution in [0.25, 0.3) is 81.6 Å². The third-order valence-corrected chi connectivity index (χ3v) is 11.2. The van der Waals surface area contributed by atoms with Crippen molar-refractivity contribution in [3.8, 4) is 39.5 Å². The maximum Gasteiger partial charge on any atom is 0.160 e. The summed E-state index contributed by atoms with van der Waals surface area (Å²) in [5.41, 5.74) is 13.0. The van der Waals surface area contributed by atoms with Crippen LogP contribution in [0.15, 0.2) is 140 Å². The largest absolute Gasteiger partial charge is 0.309 e. The highest BCUT2D eigenvalue weighted by Gasteiger charge is 2.38. The van der Waals surface area contributed by atoms with Gasteiger partial charge in [-0.05, 0) is 52.6 Å². The van der Waals surface area contributed by atoms with E-state index in [0.717, 1.165) is 38.5 Å². The molecule has 3 nitrogen and oxygen atoms in total. The Kier molecular flexibility index (Phi) is 5.50. The molecule has 0 atom stereocenters. The molecule has 0 amide bonds. The Labute approximate surface area is 276 Å². The molecule has 9 aromatic rings. The van der Waals surface area contributed by atoms with Crippen LogP contribution in [0.4, 0.5) is 0 Å². The Morgan fingerprint density at radius 2 is 1.34 bits per heavy atom. The molecule has 1 aliphatic rings. The van der Waals surface area contributed by atoms with Gasteiger partial charge in [-0.3, -0.25) is 0 Å². The van der Waals surface area contributed by atoms with Crippen LogP contribution in [0.2, 0.25) is 0 Å². The van der Waals surface area contributed by atoms with E-state index in [2.05, 4.69) is 158 Å². The van der Waals surface area contributed by atoms with Crippen LogP contribution in [-0.2, 0) is 5.41 Å². The zero-order valence-corrected chi connectivity index (χ0v) is 26.8. The highest BCUT2D eigenvalue weighted by atomic mass is 32.1. The van der Waals surface area contributed by atoms with E-state index in [1.807, 2.05) is 0 Å². The highest BCUT2D eigenvalue weighted by molar-refractivity contribution is 7.26. The quantitative estimate of drug-likeness (QED) is 0.197. The van der Waals surface area contributed by atoms with Crippen LogP contribution in [0.5, 0.6) is 0 Å². The summed E-state index contributed by atoms with van der Waals surface area (Å²) in [5, 5.41) is 3.78. The van der Waals surface area contributed by atoms with Crippen molar-refractivity contribution < 1.29 is 0 Å². The lowest BCUT2D eigenvalue weighted by Crippen LogP contribution is -2.15. The van der Waals surface area contributed by atoms with Gasteiger partial charge in [0.1, 0.15) is 0 Å². The van der Waals surface area contributed by atoms with E-state index in [-0.39, 0.29) is 5.41 Å². The van der Waals surface area contributed by atoms with E-state index in [1.165, 1.54) is 54.1 Å². The van der Waals surface area contributed by atoms with Crippen molar-refractivity contribution in [1.82, 2.24) is 14.5 Å². The number of thiophene rings is 1. The van der Waals surface area contributed by atoms with Crippen molar-refractivity contribution in [3.05, 3.63) is 151 Å². The monoisotopic (exact) mass is 619 g/mol. The van der Waals surface area contributed by atoms with Gasteiger partial charge < -0.3 is 4.57 Å². The fraction of sp³-hybridized carbons (Fsp3) is 0.0698. The van der Waals surface area contributed by atoms with E-state index in [0.29, 0.717) is 0 Å². The van der Waals surface area contributed by atoms with Crippen LogP contribution in [0.1, 0.15) is 25.0 Å². The molecule has 0 aliphatic heterocycles. The first-order valence-corrected chi connectivity index (χ1v) is 16.9. The lowest BCUT2D eigenvalue weighted by Gasteiger charge is -2.22. The van der Waals surface area contributed by atoms with Gasteiger partial charge in [0.05, 0.1) is 26.9 Å². The lowest BCUT2D eigenvalue weighted by atomic mass is 9.80. The summed E-state index contributed by atoms with van der Waals surface area (Å²) in [6, 6.07) is 50.1. The van der Waals surface area contributed by atoms with Gasteiger partial charge in [0, 0.05) is 43.1 Å². The van der Waals surface area contributed by atoms with E-state index in [4.69, 9.17) is 9.97 Å². The average molecular weight is 620 g/mol. The Bertz CT molecular complexity index is 2710. The first-order valence-electron chi connectivity index (χ1n) is 16.1. The standard InChI is InChI=1S/C43H29N3S/c1-43(2)33-20-9-6-17-29(33)30-23-24-35-37(38(30)43)31-18-7-10-21-34(31)46(35)28-16-12-15-27(25-28)42-44-39(26-13-4-3-5-14-26)41-40(45-42)32-19-8-11-22-36(32)47-41/h3-25H,1-2H3. The first-order chi connectivity index (χ1) is 23.1. The minimum atomic E-state index is -0.108. The molecule has 0 N–H and O–H groups in total. The molecule has 0 saturated heterocycles. The molecular formula is C43H29N3S. The molecule has 47 heavy (non-hydrogen) atoms. The number of nitrogens with zero attached hydrogens (tertiary/aromatic N) is 3. The molecule has 0 spiro atoms. The summed E-state index contributed by atoms with van der Waals surface area (Å²) >= 11 is 1.77. The number of rotatable bonds is 3. The Balaban J connectivity index is 1.22. The molecular weight excluding hydrogens is 591 g/mol. The predicted octanol–water partition coefficient (Wildman–Crippen LogP) is 11.6. The van der Waals surface area contributed by atoms with Gasteiger partial charge in [-0.25, -0.2) is 9.97 Å². The molecule has 4 heteroatoms. The van der Waals surface area contributed by atoms with Crippen LogP contribution in [0, 0.1) is 0 Å². The number of fused-ring (bicyclic) bond motifs is 10. The van der Waals surface area contributed by atoms with Crippen molar-refractivity contribution in [2.24, 2.45) is 0 Å². The number of hydrogen-bond acceptors (Lipinski definition) is 3. The van der Waals surface area contributed by atoms with Crippen molar-refractivity contribution in [1.29, 1.82) is 0 Å². The Morgan fingerprint density at radius 3 is 2.23 bits per heavy atom. The summed E-state index contributed by atoms with van der Waals surface area (Å²) in [7, 11) is 0. The molecule has 0 bridgehead atoms. The second-order valence-electron chi connectivity index (χ2n) is 13.0. The topological polar surface area (TPSA) is 30.7 Å². The number of hydrogen-bond donors (Lipinski definition) is 0. The summed E-state index contributed by atoms with van der Waals surface area (Å²) in [6.45, 7) is 4.74. The molecule has 1 aliphatic carbocycles. The van der Waals surface area contributed by atoms with Gasteiger partial charge in [0.25, 0.3) is 0 Å². The van der Waals surface area contributed by atoms with E-state index < -0.39 is 0 Å². The van der Waals surface area contributed by atoms with Crippen LogP contribution in [0.3, 0.4) is 0 Å². The molecule has 0 saturated carbocycles. The van der Waals surface area contributed by atoms with E-state index in [1.54, 1.807) is 11.3 Å². The summed E-state index contributed by atoms with van der Waals surface area (Å²) in [6.07, 6.45) is 0. The normalized spacial score (nSPS) is 13.5. The Hall–Kier alpha value is -5.58. The molecule has 0 fully saturated rings. The van der Waals surface area contributed by atoms with Crippen molar-refractivity contribution in [2.45, 2.75) is 19.3 Å². The SMILES string of the molecule is CC1(C)c2ccccc2-c2ccc3c(c21)c1ccccc1n3-c1cccc(-c2nc(-c3ccccc3)c3sc4ccccc4c3n2)c1. The second kappa shape index (κ2) is 9.71. The number of para-hydroxylation sites is 1. The van der Waals surface area contributed by atoms with Crippen LogP contribution in [-0.4, -0.2) is 14.5 Å². The zero-order chi connectivity index (χ0) is 31.3. The molecule has 0 unspecified atom stereocenters. The van der Waals surface area contributed by atoms with Gasteiger partial charge in [-0.15, -0.1) is 11.3 Å². The smallest absolute Gasteiger partial charge is 0.160 e. The molecule has 0 radical (unpaired) electrons. The average Bonchev–Trinajstić information content (AvgIpc) is 3.74. The fourth-order valence-electron chi connectivity index (χ4n) is 7.91. The van der Waals surface area contributed by atoms with Crippen LogP contribution >= 0.6 is 11.3 Å².